The Bertz CT molecular complexity index is 962. The fourth-order valence-electron chi connectivity index (χ4n) is 3.79. The fraction of sp³-hybridized carbons (Fsp3) is 0.368. The van der Waals surface area contributed by atoms with E-state index in [-0.39, 0.29) is 24.6 Å². The van der Waals surface area contributed by atoms with Crippen molar-refractivity contribution in [1.29, 1.82) is 0 Å². The number of carboxylic acid groups (broad SMARTS) is 2. The van der Waals surface area contributed by atoms with Crippen LogP contribution in [0.1, 0.15) is 40.9 Å². The highest BCUT2D eigenvalue weighted by molar-refractivity contribution is 6.04. The van der Waals surface area contributed by atoms with Crippen molar-refractivity contribution in [3.63, 3.8) is 0 Å². The SMILES string of the molecule is O=C(Nc1nn(C(=O)O)c2c1CN(C(=O)O)C2)c1ccc(N2CCCCC2)cc1. The molecule has 0 atom stereocenters. The summed E-state index contributed by atoms with van der Waals surface area (Å²) < 4.78 is 0.716. The molecule has 0 aliphatic carbocycles. The predicted octanol–water partition coefficient (Wildman–Crippen LogP) is 2.65. The molecule has 2 aromatic rings. The molecule has 1 aromatic heterocycles. The number of nitrogens with zero attached hydrogens (tertiary/aromatic N) is 4. The molecule has 0 saturated carbocycles. The second-order valence-corrected chi connectivity index (χ2v) is 7.16. The van der Waals surface area contributed by atoms with Gasteiger partial charge in [0.25, 0.3) is 5.91 Å². The standard InChI is InChI=1S/C19H21N5O5/c25-17(12-4-6-13(7-5-12)22-8-2-1-3-9-22)20-16-14-10-23(18(26)27)11-15(14)24(21-16)19(28)29/h4-7H,1-3,8-11H2,(H,26,27)(H,28,29)(H,20,21,25). The molecular formula is C19H21N5O5. The molecule has 3 N–H and O–H groups in total. The van der Waals surface area contributed by atoms with Crippen molar-refractivity contribution in [2.24, 2.45) is 0 Å². The van der Waals surface area contributed by atoms with Gasteiger partial charge in [-0.05, 0) is 43.5 Å². The molecule has 1 saturated heterocycles. The van der Waals surface area contributed by atoms with Crippen molar-refractivity contribution >= 4 is 29.6 Å². The van der Waals surface area contributed by atoms with E-state index in [0.29, 0.717) is 15.8 Å². The largest absolute Gasteiger partial charge is 0.465 e. The highest BCUT2D eigenvalue weighted by atomic mass is 16.4. The summed E-state index contributed by atoms with van der Waals surface area (Å²) in [4.78, 5) is 38.6. The highest BCUT2D eigenvalue weighted by Gasteiger charge is 2.33. The smallest absolute Gasteiger partial charge is 0.432 e. The molecule has 3 heterocycles. The number of fused-ring (bicyclic) bond motifs is 1. The average molecular weight is 399 g/mol. The zero-order chi connectivity index (χ0) is 20.5. The van der Waals surface area contributed by atoms with Gasteiger partial charge in [0.05, 0.1) is 18.8 Å². The van der Waals surface area contributed by atoms with Gasteiger partial charge in [-0.3, -0.25) is 9.69 Å². The Balaban J connectivity index is 1.52. The molecular weight excluding hydrogens is 378 g/mol. The minimum Gasteiger partial charge on any atom is -0.465 e. The number of rotatable bonds is 3. The van der Waals surface area contributed by atoms with Crippen LogP contribution in [0.25, 0.3) is 0 Å². The molecule has 2 amide bonds. The van der Waals surface area contributed by atoms with Gasteiger partial charge in [0.15, 0.2) is 5.82 Å². The Hall–Kier alpha value is -3.56. The molecule has 10 nitrogen and oxygen atoms in total. The summed E-state index contributed by atoms with van der Waals surface area (Å²) in [6, 6.07) is 7.23. The minimum absolute atomic E-state index is 0.0263. The lowest BCUT2D eigenvalue weighted by Gasteiger charge is -2.28. The molecule has 2 aliphatic rings. The molecule has 1 aromatic carbocycles. The number of aromatic nitrogens is 2. The maximum absolute atomic E-state index is 12.6. The lowest BCUT2D eigenvalue weighted by atomic mass is 10.1. The zero-order valence-electron chi connectivity index (χ0n) is 15.7. The molecule has 152 valence electrons. The van der Waals surface area contributed by atoms with E-state index in [4.69, 9.17) is 0 Å². The van der Waals surface area contributed by atoms with E-state index in [1.165, 1.54) is 6.42 Å². The van der Waals surface area contributed by atoms with E-state index < -0.39 is 18.1 Å². The van der Waals surface area contributed by atoms with Gasteiger partial charge in [-0.25, -0.2) is 9.59 Å². The number of carbonyl (C=O) groups is 3. The van der Waals surface area contributed by atoms with E-state index in [1.54, 1.807) is 12.1 Å². The number of benzene rings is 1. The van der Waals surface area contributed by atoms with Crippen molar-refractivity contribution in [3.8, 4) is 0 Å². The lowest BCUT2D eigenvalue weighted by molar-refractivity contribution is 0.102. The Morgan fingerprint density at radius 1 is 0.931 bits per heavy atom. The number of hydrogen-bond acceptors (Lipinski definition) is 5. The maximum atomic E-state index is 12.6. The summed E-state index contributed by atoms with van der Waals surface area (Å²) in [6.07, 6.45) is 1.06. The van der Waals surface area contributed by atoms with E-state index in [2.05, 4.69) is 15.3 Å². The number of hydrogen-bond donors (Lipinski definition) is 3. The first-order valence-electron chi connectivity index (χ1n) is 9.42. The Labute approximate surface area is 166 Å². The first-order valence-corrected chi connectivity index (χ1v) is 9.42. The lowest BCUT2D eigenvalue weighted by Crippen LogP contribution is -2.29. The Morgan fingerprint density at radius 3 is 2.24 bits per heavy atom. The van der Waals surface area contributed by atoms with Crippen LogP contribution in [0.4, 0.5) is 21.1 Å². The third-order valence-corrected chi connectivity index (χ3v) is 5.31. The molecule has 2 aliphatic heterocycles. The average Bonchev–Trinajstić information content (AvgIpc) is 3.29. The van der Waals surface area contributed by atoms with Gasteiger partial charge in [0, 0.05) is 29.9 Å². The van der Waals surface area contributed by atoms with Gasteiger partial charge < -0.3 is 20.4 Å². The third-order valence-electron chi connectivity index (χ3n) is 5.31. The number of nitrogens with one attached hydrogen (secondary N) is 1. The number of piperidine rings is 1. The normalized spacial score (nSPS) is 15.9. The van der Waals surface area contributed by atoms with Crippen LogP contribution >= 0.6 is 0 Å². The van der Waals surface area contributed by atoms with E-state index >= 15 is 0 Å². The van der Waals surface area contributed by atoms with Crippen LogP contribution in [-0.2, 0) is 13.1 Å². The summed E-state index contributed by atoms with van der Waals surface area (Å²) in [5.74, 6) is -0.363. The van der Waals surface area contributed by atoms with Crippen LogP contribution in [0.5, 0.6) is 0 Å². The highest BCUT2D eigenvalue weighted by Crippen LogP contribution is 2.30. The number of amides is 2. The fourth-order valence-corrected chi connectivity index (χ4v) is 3.79. The Kier molecular flexibility index (Phi) is 4.83. The summed E-state index contributed by atoms with van der Waals surface area (Å²) in [5, 5.41) is 25.0. The van der Waals surface area contributed by atoms with Gasteiger partial charge in [-0.15, -0.1) is 5.10 Å². The predicted molar refractivity (Wildman–Crippen MR) is 103 cm³/mol. The van der Waals surface area contributed by atoms with Crippen molar-refractivity contribution in [2.45, 2.75) is 32.4 Å². The summed E-state index contributed by atoms with van der Waals surface area (Å²) >= 11 is 0. The molecule has 10 heteroatoms. The van der Waals surface area contributed by atoms with Crippen LogP contribution in [-0.4, -0.2) is 56.1 Å². The van der Waals surface area contributed by atoms with Crippen molar-refractivity contribution < 1.29 is 24.6 Å². The van der Waals surface area contributed by atoms with E-state index in [9.17, 15) is 24.6 Å². The van der Waals surface area contributed by atoms with Crippen LogP contribution in [0.15, 0.2) is 24.3 Å². The van der Waals surface area contributed by atoms with Crippen molar-refractivity contribution in [1.82, 2.24) is 14.7 Å². The van der Waals surface area contributed by atoms with Crippen LogP contribution < -0.4 is 10.2 Å². The first-order chi connectivity index (χ1) is 13.9. The maximum Gasteiger partial charge on any atom is 0.432 e. The second-order valence-electron chi connectivity index (χ2n) is 7.16. The van der Waals surface area contributed by atoms with Gasteiger partial charge in [0.2, 0.25) is 0 Å². The quantitative estimate of drug-likeness (QED) is 0.724. The molecule has 0 spiro atoms. The van der Waals surface area contributed by atoms with E-state index in [1.807, 2.05) is 12.1 Å². The zero-order valence-corrected chi connectivity index (χ0v) is 15.7. The monoisotopic (exact) mass is 399 g/mol. The minimum atomic E-state index is -1.33. The summed E-state index contributed by atoms with van der Waals surface area (Å²) in [5.41, 5.74) is 2.12. The molecule has 4 rings (SSSR count). The molecule has 0 bridgehead atoms. The van der Waals surface area contributed by atoms with Crippen LogP contribution in [0.3, 0.4) is 0 Å². The first kappa shape index (κ1) is 18.8. The van der Waals surface area contributed by atoms with Gasteiger partial charge in [-0.2, -0.15) is 4.68 Å². The summed E-state index contributed by atoms with van der Waals surface area (Å²) in [7, 11) is 0. The summed E-state index contributed by atoms with van der Waals surface area (Å²) in [6.45, 7) is 1.89. The van der Waals surface area contributed by atoms with Gasteiger partial charge in [-0.1, -0.05) is 0 Å². The van der Waals surface area contributed by atoms with Crippen molar-refractivity contribution in [2.75, 3.05) is 23.3 Å². The molecule has 29 heavy (non-hydrogen) atoms. The van der Waals surface area contributed by atoms with Gasteiger partial charge in [0.1, 0.15) is 0 Å². The Morgan fingerprint density at radius 2 is 1.62 bits per heavy atom. The second kappa shape index (κ2) is 7.46. The number of carbonyl (C=O) groups excluding carboxylic acids is 1. The molecule has 0 radical (unpaired) electrons. The van der Waals surface area contributed by atoms with Crippen molar-refractivity contribution in [3.05, 3.63) is 41.1 Å². The molecule has 1 fully saturated rings. The number of anilines is 2. The van der Waals surface area contributed by atoms with Crippen LogP contribution in [0.2, 0.25) is 0 Å². The topological polar surface area (TPSA) is 128 Å². The van der Waals surface area contributed by atoms with Crippen LogP contribution in [0, 0.1) is 0 Å². The third kappa shape index (κ3) is 3.60. The molecule has 0 unspecified atom stereocenters. The van der Waals surface area contributed by atoms with Gasteiger partial charge >= 0.3 is 12.2 Å². The van der Waals surface area contributed by atoms with E-state index in [0.717, 1.165) is 36.5 Å².